The van der Waals surface area contributed by atoms with E-state index in [-0.39, 0.29) is 11.2 Å². The van der Waals surface area contributed by atoms with E-state index in [0.717, 1.165) is 44.2 Å². The summed E-state index contributed by atoms with van der Waals surface area (Å²) in [4.78, 5) is 11.9. The second-order valence-electron chi connectivity index (χ2n) is 7.03. The Bertz CT molecular complexity index is 370. The highest BCUT2D eigenvalue weighted by Gasteiger charge is 2.40. The highest BCUT2D eigenvalue weighted by atomic mass is 28.4. The zero-order valence-electron chi connectivity index (χ0n) is 18.5. The second kappa shape index (κ2) is 13.2. The molecule has 0 aliphatic heterocycles. The van der Waals surface area contributed by atoms with E-state index in [1.807, 2.05) is 0 Å². The Morgan fingerprint density at radius 2 is 1.07 bits per heavy atom. The third-order valence-corrected chi connectivity index (χ3v) is 11.3. The molecule has 0 fully saturated rings. The molecule has 162 valence electrons. The van der Waals surface area contributed by atoms with Gasteiger partial charge in [0.2, 0.25) is 0 Å². The van der Waals surface area contributed by atoms with E-state index in [0.29, 0.717) is 6.42 Å². The largest absolute Gasteiger partial charge is 0.500 e. The van der Waals surface area contributed by atoms with Crippen LogP contribution in [0.15, 0.2) is 0 Å². The zero-order chi connectivity index (χ0) is 21.0. The molecule has 9 heteroatoms. The number of ketones is 1. The number of hydrogen-bond donors (Lipinski definition) is 0. The first kappa shape index (κ1) is 26.9. The van der Waals surface area contributed by atoms with Gasteiger partial charge in [-0.2, -0.15) is 0 Å². The van der Waals surface area contributed by atoms with Crippen molar-refractivity contribution in [3.8, 4) is 0 Å². The maximum Gasteiger partial charge on any atom is 0.500 e. The average molecular weight is 425 g/mol. The Balaban J connectivity index is 5.02. The Kier molecular flexibility index (Phi) is 13.1. The van der Waals surface area contributed by atoms with Gasteiger partial charge in [0.25, 0.3) is 0 Å². The van der Waals surface area contributed by atoms with Gasteiger partial charge >= 0.3 is 17.6 Å². The summed E-state index contributed by atoms with van der Waals surface area (Å²) in [5.41, 5.74) is -0.0451. The smallest absolute Gasteiger partial charge is 0.377 e. The van der Waals surface area contributed by atoms with Crippen molar-refractivity contribution in [3.05, 3.63) is 0 Å². The van der Waals surface area contributed by atoms with E-state index in [9.17, 15) is 4.79 Å². The minimum Gasteiger partial charge on any atom is -0.377 e. The summed E-state index contributed by atoms with van der Waals surface area (Å²) in [6.45, 7) is 3.83. The third-order valence-electron chi connectivity index (χ3n) is 5.62. The quantitative estimate of drug-likeness (QED) is 0.330. The molecule has 0 amide bonds. The van der Waals surface area contributed by atoms with Crippen LogP contribution in [0.4, 0.5) is 0 Å². The van der Waals surface area contributed by atoms with Gasteiger partial charge in [0.15, 0.2) is 0 Å². The summed E-state index contributed by atoms with van der Waals surface area (Å²) in [5.74, 6) is 0.222. The first-order chi connectivity index (χ1) is 12.8. The van der Waals surface area contributed by atoms with E-state index in [1.54, 1.807) is 49.6 Å². The van der Waals surface area contributed by atoms with Crippen molar-refractivity contribution < 1.29 is 31.4 Å². The van der Waals surface area contributed by atoms with Gasteiger partial charge < -0.3 is 31.4 Å². The van der Waals surface area contributed by atoms with Gasteiger partial charge in [0.1, 0.15) is 5.78 Å². The average Bonchev–Trinajstić information content (AvgIpc) is 2.68. The lowest BCUT2D eigenvalue weighted by atomic mass is 9.73. The predicted molar refractivity (Wildman–Crippen MR) is 110 cm³/mol. The van der Waals surface area contributed by atoms with Crippen LogP contribution >= 0.6 is 0 Å². The van der Waals surface area contributed by atoms with Crippen LogP contribution in [0.2, 0.25) is 12.1 Å². The van der Waals surface area contributed by atoms with E-state index >= 15 is 0 Å². The van der Waals surface area contributed by atoms with Crippen molar-refractivity contribution in [2.24, 2.45) is 5.41 Å². The Morgan fingerprint density at radius 1 is 0.741 bits per heavy atom. The number of carbonyl (C=O) groups excluding carboxylic acids is 1. The third kappa shape index (κ3) is 8.40. The van der Waals surface area contributed by atoms with Crippen LogP contribution in [0.3, 0.4) is 0 Å². The molecule has 0 rings (SSSR count). The summed E-state index contributed by atoms with van der Waals surface area (Å²) in [6.07, 6.45) is 5.15. The molecule has 0 aromatic heterocycles. The monoisotopic (exact) mass is 424 g/mol. The molecule has 0 aliphatic carbocycles. The highest BCUT2D eigenvalue weighted by Crippen LogP contribution is 2.40. The molecule has 7 nitrogen and oxygen atoms in total. The SMILES string of the molecule is CCC(CCC[Si](OC)(OC)OC)(CCC[Si](OC)(OC)OC)CC(C)=O. The van der Waals surface area contributed by atoms with Crippen LogP contribution < -0.4 is 0 Å². The fraction of sp³-hybridized carbons (Fsp3) is 0.944. The number of Topliss-reactive ketones (excluding diaryl/α,β-unsaturated/α-hetero) is 1. The molecular formula is C18H40O7Si2. The first-order valence-electron chi connectivity index (χ1n) is 9.56. The van der Waals surface area contributed by atoms with Crippen molar-refractivity contribution in [1.82, 2.24) is 0 Å². The lowest BCUT2D eigenvalue weighted by Gasteiger charge is -2.34. The molecule has 0 aromatic rings. The van der Waals surface area contributed by atoms with Gasteiger partial charge in [-0.25, -0.2) is 0 Å². The summed E-state index contributed by atoms with van der Waals surface area (Å²) >= 11 is 0. The van der Waals surface area contributed by atoms with Crippen molar-refractivity contribution in [3.63, 3.8) is 0 Å². The number of hydrogen-bond acceptors (Lipinski definition) is 7. The maximum atomic E-state index is 11.9. The lowest BCUT2D eigenvalue weighted by molar-refractivity contribution is -0.119. The van der Waals surface area contributed by atoms with Crippen molar-refractivity contribution in [2.75, 3.05) is 42.7 Å². The van der Waals surface area contributed by atoms with Crippen LogP contribution in [-0.2, 0) is 31.4 Å². The molecule has 27 heavy (non-hydrogen) atoms. The molecule has 0 saturated heterocycles. The molecule has 0 bridgehead atoms. The highest BCUT2D eigenvalue weighted by molar-refractivity contribution is 6.60. The van der Waals surface area contributed by atoms with Gasteiger partial charge in [0.05, 0.1) is 0 Å². The lowest BCUT2D eigenvalue weighted by Crippen LogP contribution is -2.43. The normalized spacial score (nSPS) is 13.2. The van der Waals surface area contributed by atoms with Gasteiger partial charge in [-0.05, 0) is 38.0 Å². The number of rotatable bonds is 17. The van der Waals surface area contributed by atoms with Gasteiger partial charge in [-0.15, -0.1) is 0 Å². The Morgan fingerprint density at radius 3 is 1.30 bits per heavy atom. The van der Waals surface area contributed by atoms with Crippen LogP contribution in [0.1, 0.15) is 52.4 Å². The zero-order valence-corrected chi connectivity index (χ0v) is 20.5. The number of carbonyl (C=O) groups is 1. The summed E-state index contributed by atoms with van der Waals surface area (Å²) in [5, 5.41) is 0. The standard InChI is InChI=1S/C18H40O7Si2/c1-9-18(16-17(2)19,12-10-14-26(20-3,21-4)22-5)13-11-15-27(23-6,24-7)25-8/h9-16H2,1-8H3. The fourth-order valence-corrected chi connectivity index (χ4v) is 7.22. The molecule has 0 radical (unpaired) electrons. The minimum absolute atomic E-state index is 0.0451. The van der Waals surface area contributed by atoms with E-state index in [1.165, 1.54) is 0 Å². The molecule has 0 atom stereocenters. The van der Waals surface area contributed by atoms with Crippen LogP contribution in [-0.4, -0.2) is 66.1 Å². The fourth-order valence-electron chi connectivity index (χ4n) is 3.78. The Hall–Kier alpha value is -0.136. The topological polar surface area (TPSA) is 72.5 Å². The Labute approximate surface area is 167 Å². The second-order valence-corrected chi connectivity index (χ2v) is 13.2. The maximum absolute atomic E-state index is 11.9. The first-order valence-corrected chi connectivity index (χ1v) is 13.4. The molecule has 0 aromatic carbocycles. The minimum atomic E-state index is -2.59. The molecule has 0 saturated carbocycles. The molecule has 0 spiro atoms. The molecular weight excluding hydrogens is 384 g/mol. The molecule has 0 N–H and O–H groups in total. The molecule has 0 unspecified atom stereocenters. The van der Waals surface area contributed by atoms with E-state index < -0.39 is 17.6 Å². The van der Waals surface area contributed by atoms with E-state index in [4.69, 9.17) is 26.6 Å². The molecule has 0 heterocycles. The van der Waals surface area contributed by atoms with Crippen LogP contribution in [0.25, 0.3) is 0 Å². The summed E-state index contributed by atoms with van der Waals surface area (Å²) in [7, 11) is 4.61. The van der Waals surface area contributed by atoms with Crippen molar-refractivity contribution >= 4 is 23.4 Å². The van der Waals surface area contributed by atoms with Crippen molar-refractivity contribution in [1.29, 1.82) is 0 Å². The molecule has 0 aliphatic rings. The van der Waals surface area contributed by atoms with Gasteiger partial charge in [-0.1, -0.05) is 13.3 Å². The van der Waals surface area contributed by atoms with Crippen molar-refractivity contribution in [2.45, 2.75) is 64.5 Å². The summed E-state index contributed by atoms with van der Waals surface area (Å²) in [6, 6.07) is 1.48. The van der Waals surface area contributed by atoms with E-state index in [2.05, 4.69) is 6.92 Å². The predicted octanol–water partition coefficient (Wildman–Crippen LogP) is 3.68. The van der Waals surface area contributed by atoms with Crippen LogP contribution in [0.5, 0.6) is 0 Å². The van der Waals surface area contributed by atoms with Gasteiger partial charge in [0, 0.05) is 61.2 Å². The summed E-state index contributed by atoms with van der Waals surface area (Å²) < 4.78 is 33.1. The van der Waals surface area contributed by atoms with Gasteiger partial charge in [-0.3, -0.25) is 0 Å². The van der Waals surface area contributed by atoms with Crippen LogP contribution in [0, 0.1) is 5.41 Å².